The Morgan fingerprint density at radius 3 is 1.76 bits per heavy atom. The normalized spacial score (nSPS) is 33.5. The first-order chi connectivity index (χ1) is 14.1. The molecule has 2 heterocycles. The summed E-state index contributed by atoms with van der Waals surface area (Å²) in [5.41, 5.74) is 0. The molecule has 0 radical (unpaired) electrons. The lowest BCUT2D eigenvalue weighted by Gasteiger charge is -2.40. The zero-order valence-corrected chi connectivity index (χ0v) is 20.0. The molecular weight excluding hydrogens is 352 g/mol. The third-order valence-corrected chi connectivity index (χ3v) is 9.74. The molecule has 2 aliphatic heterocycles. The predicted molar refractivity (Wildman–Crippen MR) is 125 cm³/mol. The summed E-state index contributed by atoms with van der Waals surface area (Å²) in [6, 6.07) is 1.57. The first-order valence-electron chi connectivity index (χ1n) is 13.6. The molecule has 2 saturated carbocycles. The number of hydrogen-bond acceptors (Lipinski definition) is 2. The number of rotatable bonds is 6. The minimum Gasteiger partial charge on any atom is -0.301 e. The Balaban J connectivity index is 1.16. The maximum atomic E-state index is 2.87. The van der Waals surface area contributed by atoms with Crippen LogP contribution < -0.4 is 0 Å². The molecule has 4 aliphatic rings. The Hall–Kier alpha value is -0.0800. The van der Waals surface area contributed by atoms with Crippen LogP contribution in [0.3, 0.4) is 0 Å². The van der Waals surface area contributed by atoms with Crippen molar-refractivity contribution in [3.05, 3.63) is 0 Å². The first-order valence-corrected chi connectivity index (χ1v) is 13.6. The average Bonchev–Trinajstić information content (AvgIpc) is 3.23. The van der Waals surface area contributed by atoms with Gasteiger partial charge in [0.25, 0.3) is 0 Å². The van der Waals surface area contributed by atoms with Crippen molar-refractivity contribution in [3.8, 4) is 0 Å². The minimum absolute atomic E-state index is 0.746. The Labute approximate surface area is 182 Å². The molecule has 0 spiro atoms. The number of likely N-dealkylation sites (tertiary alicyclic amines) is 2. The molecule has 0 aromatic carbocycles. The van der Waals surface area contributed by atoms with Crippen molar-refractivity contribution >= 4 is 0 Å². The van der Waals surface area contributed by atoms with Crippen LogP contribution >= 0.6 is 0 Å². The molecule has 2 aliphatic carbocycles. The molecule has 4 rings (SSSR count). The third-order valence-electron chi connectivity index (χ3n) is 9.74. The third kappa shape index (κ3) is 5.79. The van der Waals surface area contributed by atoms with E-state index in [2.05, 4.69) is 30.6 Å². The molecule has 0 amide bonds. The molecule has 2 heteroatoms. The summed E-state index contributed by atoms with van der Waals surface area (Å²) in [4.78, 5) is 5.57. The maximum Gasteiger partial charge on any atom is 0.00695 e. The lowest BCUT2D eigenvalue weighted by atomic mass is 9.75. The molecule has 168 valence electrons. The van der Waals surface area contributed by atoms with Gasteiger partial charge in [0.1, 0.15) is 0 Å². The van der Waals surface area contributed by atoms with Gasteiger partial charge in [-0.25, -0.2) is 0 Å². The summed E-state index contributed by atoms with van der Waals surface area (Å²) in [5, 5.41) is 0. The van der Waals surface area contributed by atoms with E-state index in [-0.39, 0.29) is 0 Å². The number of hydrogen-bond donors (Lipinski definition) is 0. The van der Waals surface area contributed by atoms with Gasteiger partial charge in [-0.05, 0) is 121 Å². The Morgan fingerprint density at radius 1 is 0.586 bits per heavy atom. The van der Waals surface area contributed by atoms with Crippen LogP contribution in [0.4, 0.5) is 0 Å². The van der Waals surface area contributed by atoms with Crippen LogP contribution in [0.5, 0.6) is 0 Å². The molecule has 3 unspecified atom stereocenters. The van der Waals surface area contributed by atoms with Crippen LogP contribution in [0.15, 0.2) is 0 Å². The van der Waals surface area contributed by atoms with Crippen molar-refractivity contribution in [1.82, 2.24) is 9.80 Å². The average molecular weight is 403 g/mol. The predicted octanol–water partition coefficient (Wildman–Crippen LogP) is 6.59. The van der Waals surface area contributed by atoms with Crippen molar-refractivity contribution in [1.29, 1.82) is 0 Å². The van der Waals surface area contributed by atoms with Gasteiger partial charge in [0, 0.05) is 12.1 Å². The number of nitrogens with zero attached hydrogens (tertiary/aromatic N) is 2. The molecule has 2 saturated heterocycles. The highest BCUT2D eigenvalue weighted by molar-refractivity contribution is 4.88. The standard InChI is InChI=1S/C27H50N2/c1-21(2)28-15-11-26(12-16-28)27-10-9-23(20-27)19-22(3)29-17-13-25(14-18-29)24-7-5-4-6-8-24/h21-27H,4-20H2,1-3H3. The molecule has 3 atom stereocenters. The van der Waals surface area contributed by atoms with Crippen LogP contribution in [0, 0.1) is 29.6 Å². The lowest BCUT2D eigenvalue weighted by molar-refractivity contribution is 0.0892. The summed E-state index contributed by atoms with van der Waals surface area (Å²) >= 11 is 0. The summed E-state index contributed by atoms with van der Waals surface area (Å²) in [6.45, 7) is 12.8. The van der Waals surface area contributed by atoms with Crippen molar-refractivity contribution in [2.24, 2.45) is 29.6 Å². The molecule has 0 aromatic rings. The fraction of sp³-hybridized carbons (Fsp3) is 1.00. The summed E-state index contributed by atoms with van der Waals surface area (Å²) < 4.78 is 0. The monoisotopic (exact) mass is 402 g/mol. The quantitative estimate of drug-likeness (QED) is 0.494. The van der Waals surface area contributed by atoms with Crippen LogP contribution in [-0.4, -0.2) is 48.1 Å². The fourth-order valence-electron chi connectivity index (χ4n) is 7.73. The van der Waals surface area contributed by atoms with Crippen LogP contribution in [-0.2, 0) is 0 Å². The molecular formula is C27H50N2. The fourth-order valence-corrected chi connectivity index (χ4v) is 7.73. The van der Waals surface area contributed by atoms with Gasteiger partial charge in [-0.1, -0.05) is 38.5 Å². The highest BCUT2D eigenvalue weighted by Crippen LogP contribution is 2.42. The van der Waals surface area contributed by atoms with E-state index < -0.39 is 0 Å². The molecule has 4 fully saturated rings. The van der Waals surface area contributed by atoms with Crippen molar-refractivity contribution < 1.29 is 0 Å². The minimum atomic E-state index is 0.746. The van der Waals surface area contributed by atoms with Gasteiger partial charge in [0.15, 0.2) is 0 Å². The van der Waals surface area contributed by atoms with Gasteiger partial charge >= 0.3 is 0 Å². The second-order valence-corrected chi connectivity index (χ2v) is 11.8. The second-order valence-electron chi connectivity index (χ2n) is 11.8. The summed E-state index contributed by atoms with van der Waals surface area (Å²) in [6.07, 6.45) is 19.6. The van der Waals surface area contributed by atoms with E-state index in [0.29, 0.717) is 0 Å². The van der Waals surface area contributed by atoms with Gasteiger partial charge in [-0.2, -0.15) is 0 Å². The summed E-state index contributed by atoms with van der Waals surface area (Å²) in [5.74, 6) is 5.26. The largest absolute Gasteiger partial charge is 0.301 e. The number of piperidine rings is 2. The van der Waals surface area contributed by atoms with E-state index in [1.54, 1.807) is 19.3 Å². The van der Waals surface area contributed by atoms with Gasteiger partial charge in [-0.3, -0.25) is 0 Å². The molecule has 0 bridgehead atoms. The highest BCUT2D eigenvalue weighted by atomic mass is 15.2. The van der Waals surface area contributed by atoms with E-state index in [0.717, 1.165) is 41.7 Å². The highest BCUT2D eigenvalue weighted by Gasteiger charge is 2.35. The zero-order chi connectivity index (χ0) is 20.2. The lowest BCUT2D eigenvalue weighted by Crippen LogP contribution is -2.42. The summed E-state index contributed by atoms with van der Waals surface area (Å²) in [7, 11) is 0. The van der Waals surface area contributed by atoms with Gasteiger partial charge in [0.05, 0.1) is 0 Å². The van der Waals surface area contributed by atoms with E-state index >= 15 is 0 Å². The van der Waals surface area contributed by atoms with E-state index in [1.807, 2.05) is 0 Å². The Kier molecular flexibility index (Phi) is 8.00. The second kappa shape index (κ2) is 10.5. The van der Waals surface area contributed by atoms with Crippen LogP contribution in [0.1, 0.15) is 104 Å². The molecule has 0 N–H and O–H groups in total. The Bertz CT molecular complexity index is 467. The van der Waals surface area contributed by atoms with Crippen LogP contribution in [0.25, 0.3) is 0 Å². The zero-order valence-electron chi connectivity index (χ0n) is 20.0. The van der Waals surface area contributed by atoms with E-state index in [1.165, 1.54) is 90.4 Å². The van der Waals surface area contributed by atoms with E-state index in [4.69, 9.17) is 0 Å². The molecule has 2 nitrogen and oxygen atoms in total. The van der Waals surface area contributed by atoms with Gasteiger partial charge in [0.2, 0.25) is 0 Å². The van der Waals surface area contributed by atoms with Crippen molar-refractivity contribution in [3.63, 3.8) is 0 Å². The van der Waals surface area contributed by atoms with Gasteiger partial charge in [-0.15, -0.1) is 0 Å². The topological polar surface area (TPSA) is 6.48 Å². The molecule has 29 heavy (non-hydrogen) atoms. The molecule has 0 aromatic heterocycles. The van der Waals surface area contributed by atoms with Crippen molar-refractivity contribution in [2.45, 2.75) is 116 Å². The van der Waals surface area contributed by atoms with Gasteiger partial charge < -0.3 is 9.80 Å². The van der Waals surface area contributed by atoms with E-state index in [9.17, 15) is 0 Å². The van der Waals surface area contributed by atoms with Crippen LogP contribution in [0.2, 0.25) is 0 Å². The first kappa shape index (κ1) is 22.1. The maximum absolute atomic E-state index is 2.87. The smallest absolute Gasteiger partial charge is 0.00695 e. The SMILES string of the molecule is CC(C)N1CCC(C2CCC(CC(C)N3CCC(C4CCCCC4)CC3)C2)CC1. The Morgan fingerprint density at radius 2 is 1.14 bits per heavy atom. The van der Waals surface area contributed by atoms with Crippen molar-refractivity contribution in [2.75, 3.05) is 26.2 Å².